The molecule has 0 bridgehead atoms. The molecule has 2 heterocycles. The first kappa shape index (κ1) is 26.9. The molecule has 1 amide bonds. The lowest BCUT2D eigenvalue weighted by molar-refractivity contribution is 0.0502. The molecule has 1 aliphatic rings. The van der Waals surface area contributed by atoms with Crippen LogP contribution in [0.3, 0.4) is 0 Å². The number of alkyl carbamates (subject to hydrolysis) is 1. The molecule has 34 heavy (non-hydrogen) atoms. The molecule has 3 rings (SSSR count). The Morgan fingerprint density at radius 1 is 1.35 bits per heavy atom. The molecule has 1 N–H and O–H groups in total. The molecule has 186 valence electrons. The fourth-order valence-electron chi connectivity index (χ4n) is 4.01. The minimum atomic E-state index is -1.16. The molecule has 1 aliphatic carbocycles. The molecule has 1 atom stereocenters. The average molecular weight is 598 g/mol. The highest BCUT2D eigenvalue weighted by atomic mass is 127. The van der Waals surface area contributed by atoms with Gasteiger partial charge in [0.15, 0.2) is 6.29 Å². The molecule has 2 aromatic rings. The number of hydrogen-bond acceptors (Lipinski definition) is 5. The first-order valence-electron chi connectivity index (χ1n) is 11.8. The second-order valence-corrected chi connectivity index (χ2v) is 17.8. The minimum absolute atomic E-state index is 0.0535. The lowest BCUT2D eigenvalue weighted by Crippen LogP contribution is -2.40. The minimum Gasteiger partial charge on any atom is -0.444 e. The van der Waals surface area contributed by atoms with E-state index in [-0.39, 0.29) is 6.04 Å². The van der Waals surface area contributed by atoms with Crippen molar-refractivity contribution < 1.29 is 19.1 Å². The Bertz CT molecular complexity index is 1080. The van der Waals surface area contributed by atoms with Crippen LogP contribution in [-0.4, -0.2) is 48.3 Å². The van der Waals surface area contributed by atoms with Gasteiger partial charge in [-0.25, -0.2) is 9.78 Å². The van der Waals surface area contributed by atoms with Gasteiger partial charge in [-0.2, -0.15) is 0 Å². The topological polar surface area (TPSA) is 82.5 Å². The third-order valence-electron chi connectivity index (χ3n) is 5.64. The molecule has 0 fully saturated rings. The maximum Gasteiger partial charge on any atom is 0.407 e. The van der Waals surface area contributed by atoms with Crippen LogP contribution in [0.1, 0.15) is 56.0 Å². The molecule has 0 spiro atoms. The lowest BCUT2D eigenvalue weighted by Gasteiger charge is -2.27. The van der Waals surface area contributed by atoms with E-state index in [1.54, 1.807) is 6.20 Å². The maximum atomic E-state index is 12.3. The third kappa shape index (κ3) is 7.14. The van der Waals surface area contributed by atoms with Crippen LogP contribution in [0.5, 0.6) is 0 Å². The highest BCUT2D eigenvalue weighted by Crippen LogP contribution is 2.36. The number of allylic oxidation sites excluding steroid dienone is 1. The van der Waals surface area contributed by atoms with Crippen molar-refractivity contribution >= 4 is 59.7 Å². The van der Waals surface area contributed by atoms with Crippen molar-refractivity contribution in [2.75, 3.05) is 6.61 Å². The third-order valence-corrected chi connectivity index (χ3v) is 8.16. The van der Waals surface area contributed by atoms with Crippen molar-refractivity contribution in [3.63, 3.8) is 0 Å². The first-order chi connectivity index (χ1) is 15.9. The number of aldehydes is 1. The summed E-state index contributed by atoms with van der Waals surface area (Å²) < 4.78 is 14.4. The number of pyridine rings is 1. The Hall–Kier alpha value is -1.72. The molecule has 0 saturated carbocycles. The summed E-state index contributed by atoms with van der Waals surface area (Å²) in [4.78, 5) is 28.9. The van der Waals surface area contributed by atoms with Crippen LogP contribution >= 0.6 is 22.6 Å². The number of nitrogens with one attached hydrogen (secondary N) is 1. The van der Waals surface area contributed by atoms with Gasteiger partial charge in [-0.1, -0.05) is 25.7 Å². The Balaban J connectivity index is 1.85. The van der Waals surface area contributed by atoms with Crippen LogP contribution in [0, 0.1) is 3.57 Å². The summed E-state index contributed by atoms with van der Waals surface area (Å²) in [6.07, 6.45) is 8.58. The van der Waals surface area contributed by atoms with Crippen molar-refractivity contribution in [1.82, 2.24) is 14.9 Å². The molecule has 0 aliphatic heterocycles. The zero-order chi connectivity index (χ0) is 25.1. The van der Waals surface area contributed by atoms with Crippen LogP contribution in [0.2, 0.25) is 25.7 Å². The SMILES string of the molecule is CC(C)(C)OC(=O)NC1CCC=C(c2c(C=O)cnc3c2c(I)cn3COCC[Si](C)(C)C)C1. The normalized spacial score (nSPS) is 16.9. The zero-order valence-electron chi connectivity index (χ0n) is 21.0. The molecule has 7 nitrogen and oxygen atoms in total. The summed E-state index contributed by atoms with van der Waals surface area (Å²) in [6.45, 7) is 13.7. The van der Waals surface area contributed by atoms with Gasteiger partial charge < -0.3 is 19.4 Å². The molecule has 0 radical (unpaired) electrons. The Morgan fingerprint density at radius 2 is 2.09 bits per heavy atom. The first-order valence-corrected chi connectivity index (χ1v) is 16.6. The van der Waals surface area contributed by atoms with Gasteiger partial charge in [0.1, 0.15) is 18.0 Å². The molecule has 2 aromatic heterocycles. The van der Waals surface area contributed by atoms with Gasteiger partial charge in [0.05, 0.1) is 0 Å². The average Bonchev–Trinajstić information content (AvgIpc) is 3.04. The predicted octanol–water partition coefficient (Wildman–Crippen LogP) is 6.23. The monoisotopic (exact) mass is 597 g/mol. The zero-order valence-corrected chi connectivity index (χ0v) is 24.2. The van der Waals surface area contributed by atoms with Gasteiger partial charge in [-0.15, -0.1) is 0 Å². The molecule has 1 unspecified atom stereocenters. The summed E-state index contributed by atoms with van der Waals surface area (Å²) in [5, 5.41) is 3.96. The Labute approximate surface area is 216 Å². The van der Waals surface area contributed by atoms with Crippen molar-refractivity contribution in [1.29, 1.82) is 0 Å². The quantitative estimate of drug-likeness (QED) is 0.169. The van der Waals surface area contributed by atoms with Crippen LogP contribution in [0.4, 0.5) is 4.79 Å². The Morgan fingerprint density at radius 3 is 2.74 bits per heavy atom. The second kappa shape index (κ2) is 10.9. The number of amides is 1. The highest BCUT2D eigenvalue weighted by Gasteiger charge is 2.26. The van der Waals surface area contributed by atoms with Crippen LogP contribution in [0.25, 0.3) is 16.6 Å². The van der Waals surface area contributed by atoms with Gasteiger partial charge in [-0.05, 0) is 74.2 Å². The smallest absolute Gasteiger partial charge is 0.407 e. The number of nitrogens with zero attached hydrogens (tertiary/aromatic N) is 2. The number of halogens is 1. The van der Waals surface area contributed by atoms with Gasteiger partial charge in [0.25, 0.3) is 0 Å². The number of ether oxygens (including phenoxy) is 2. The van der Waals surface area contributed by atoms with Crippen molar-refractivity contribution in [3.05, 3.63) is 33.2 Å². The van der Waals surface area contributed by atoms with E-state index in [0.717, 1.165) is 57.5 Å². The number of aromatic nitrogens is 2. The summed E-state index contributed by atoms with van der Waals surface area (Å²) in [5.41, 5.74) is 2.78. The Kier molecular flexibility index (Phi) is 8.62. The van der Waals surface area contributed by atoms with E-state index < -0.39 is 19.8 Å². The van der Waals surface area contributed by atoms with Gasteiger partial charge >= 0.3 is 6.09 Å². The van der Waals surface area contributed by atoms with Crippen LogP contribution in [0.15, 0.2) is 18.5 Å². The second-order valence-electron chi connectivity index (χ2n) is 11.1. The molecule has 0 saturated heterocycles. The number of carbonyl (C=O) groups excluding carboxylic acids is 2. The molecule has 0 aromatic carbocycles. The van der Waals surface area contributed by atoms with Crippen molar-refractivity contribution in [2.45, 2.75) is 84.1 Å². The van der Waals surface area contributed by atoms with E-state index in [1.165, 1.54) is 0 Å². The molecule has 9 heteroatoms. The van der Waals surface area contributed by atoms with Crippen molar-refractivity contribution in [3.8, 4) is 0 Å². The van der Waals surface area contributed by atoms with Gasteiger partial charge in [0.2, 0.25) is 0 Å². The fraction of sp³-hybridized carbons (Fsp3) is 0.560. The van der Waals surface area contributed by atoms with E-state index in [2.05, 4.69) is 58.6 Å². The number of carbonyl (C=O) groups is 2. The molecular weight excluding hydrogens is 561 g/mol. The van der Waals surface area contributed by atoms with E-state index in [9.17, 15) is 9.59 Å². The standard InChI is InChI=1S/C25H36IN3O4Si/c1-25(2,3)33-24(31)28-19-9-7-8-17(12-19)21-18(15-30)13-27-23-22(21)20(26)14-29(23)16-32-10-11-34(4,5)6/h8,13-15,19H,7,9-12,16H2,1-6H3,(H,28,31). The van der Waals surface area contributed by atoms with Gasteiger partial charge in [0, 0.05) is 53.2 Å². The van der Waals surface area contributed by atoms with E-state index in [1.807, 2.05) is 31.5 Å². The highest BCUT2D eigenvalue weighted by molar-refractivity contribution is 14.1. The summed E-state index contributed by atoms with van der Waals surface area (Å²) in [7, 11) is -1.16. The van der Waals surface area contributed by atoms with Crippen molar-refractivity contribution in [2.24, 2.45) is 0 Å². The maximum absolute atomic E-state index is 12.3. The lowest BCUT2D eigenvalue weighted by atomic mass is 9.87. The van der Waals surface area contributed by atoms with E-state index in [0.29, 0.717) is 18.7 Å². The summed E-state index contributed by atoms with van der Waals surface area (Å²) in [5.74, 6) is 0. The van der Waals surface area contributed by atoms with Gasteiger partial charge in [-0.3, -0.25) is 4.79 Å². The van der Waals surface area contributed by atoms with Crippen LogP contribution < -0.4 is 5.32 Å². The van der Waals surface area contributed by atoms with E-state index >= 15 is 0 Å². The fourth-order valence-corrected chi connectivity index (χ4v) is 5.61. The summed E-state index contributed by atoms with van der Waals surface area (Å²) >= 11 is 2.31. The number of hydrogen-bond donors (Lipinski definition) is 1. The molecular formula is C25H36IN3O4Si. The van der Waals surface area contributed by atoms with Crippen LogP contribution in [-0.2, 0) is 16.2 Å². The van der Waals surface area contributed by atoms with E-state index in [4.69, 9.17) is 9.47 Å². The number of rotatable bonds is 8. The summed E-state index contributed by atoms with van der Waals surface area (Å²) in [6, 6.07) is 1.05. The predicted molar refractivity (Wildman–Crippen MR) is 147 cm³/mol. The number of fused-ring (bicyclic) bond motifs is 1. The largest absolute Gasteiger partial charge is 0.444 e.